The third-order valence-electron chi connectivity index (χ3n) is 7.56. The molecule has 1 aromatic heterocycles. The summed E-state index contributed by atoms with van der Waals surface area (Å²) in [6.45, 7) is 1.69. The first-order valence-electron chi connectivity index (χ1n) is 13.8. The van der Waals surface area contributed by atoms with Gasteiger partial charge in [-0.05, 0) is 104 Å². The zero-order valence-electron chi connectivity index (χ0n) is 23.2. The molecule has 1 saturated carbocycles. The lowest BCUT2D eigenvalue weighted by Gasteiger charge is -2.22. The number of sulfonamides is 1. The van der Waals surface area contributed by atoms with Crippen molar-refractivity contribution in [3.05, 3.63) is 119 Å². The van der Waals surface area contributed by atoms with E-state index in [2.05, 4.69) is 15.8 Å². The van der Waals surface area contributed by atoms with Crippen LogP contribution >= 0.6 is 0 Å². The van der Waals surface area contributed by atoms with E-state index in [0.717, 1.165) is 35.3 Å². The van der Waals surface area contributed by atoms with Crippen LogP contribution in [-0.4, -0.2) is 32.5 Å². The molecule has 1 heterocycles. The van der Waals surface area contributed by atoms with Crippen LogP contribution in [0.25, 0.3) is 0 Å². The maximum absolute atomic E-state index is 12.9. The number of hydrogen-bond acceptors (Lipinski definition) is 6. The summed E-state index contributed by atoms with van der Waals surface area (Å²) in [6.07, 6.45) is 8.85. The van der Waals surface area contributed by atoms with Gasteiger partial charge in [0.05, 0.1) is 18.1 Å². The van der Waals surface area contributed by atoms with E-state index >= 15 is 0 Å². The molecule has 1 amide bonds. The fraction of sp³-hybridized carbons (Fsp3) is 0.273. The van der Waals surface area contributed by atoms with Crippen molar-refractivity contribution < 1.29 is 22.7 Å². The molecule has 1 aliphatic rings. The average molecular weight is 571 g/mol. The Labute approximate surface area is 241 Å². The van der Waals surface area contributed by atoms with Crippen molar-refractivity contribution >= 4 is 15.9 Å². The summed E-state index contributed by atoms with van der Waals surface area (Å²) in [7, 11) is -2.35. The van der Waals surface area contributed by atoms with E-state index < -0.39 is 15.9 Å². The fourth-order valence-corrected chi connectivity index (χ4v) is 6.55. The lowest BCUT2D eigenvalue weighted by Crippen LogP contribution is -2.31. The Kier molecular flexibility index (Phi) is 8.69. The van der Waals surface area contributed by atoms with E-state index in [1.54, 1.807) is 56.8 Å². The summed E-state index contributed by atoms with van der Waals surface area (Å²) in [6, 6.07) is 23.7. The molecule has 0 unspecified atom stereocenters. The van der Waals surface area contributed by atoms with Crippen molar-refractivity contribution in [3.8, 4) is 11.5 Å². The maximum atomic E-state index is 12.9. The van der Waals surface area contributed by atoms with Gasteiger partial charge in [-0.2, -0.15) is 0 Å². The van der Waals surface area contributed by atoms with Crippen molar-refractivity contribution in [2.75, 3.05) is 7.11 Å². The molecule has 1 fully saturated rings. The van der Waals surface area contributed by atoms with Crippen molar-refractivity contribution in [3.63, 3.8) is 0 Å². The lowest BCUT2D eigenvalue weighted by atomic mass is 9.85. The smallest absolute Gasteiger partial charge is 0.264 e. The summed E-state index contributed by atoms with van der Waals surface area (Å²) in [5.41, 5.74) is 3.98. The van der Waals surface area contributed by atoms with Crippen LogP contribution in [0.4, 0.5) is 0 Å². The minimum absolute atomic E-state index is 0.0537. The molecule has 1 aliphatic carbocycles. The Balaban J connectivity index is 1.43. The maximum Gasteiger partial charge on any atom is 0.264 e. The zero-order chi connectivity index (χ0) is 28.8. The Bertz CT molecular complexity index is 1600. The number of nitrogens with one attached hydrogen (secondary N) is 1. The van der Waals surface area contributed by atoms with Gasteiger partial charge in [0, 0.05) is 23.9 Å². The molecule has 0 spiro atoms. The predicted molar refractivity (Wildman–Crippen MR) is 158 cm³/mol. The summed E-state index contributed by atoms with van der Waals surface area (Å²) in [5, 5.41) is 0. The number of aromatic nitrogens is 1. The molecule has 41 heavy (non-hydrogen) atoms. The number of rotatable bonds is 10. The van der Waals surface area contributed by atoms with E-state index in [9.17, 15) is 13.2 Å². The van der Waals surface area contributed by atoms with Gasteiger partial charge in [0.25, 0.3) is 15.9 Å². The third kappa shape index (κ3) is 6.77. The number of ether oxygens (including phenoxy) is 2. The highest BCUT2D eigenvalue weighted by Crippen LogP contribution is 2.37. The number of pyridine rings is 1. The van der Waals surface area contributed by atoms with Crippen molar-refractivity contribution in [1.29, 1.82) is 0 Å². The molecule has 5 rings (SSSR count). The van der Waals surface area contributed by atoms with Crippen LogP contribution in [0.5, 0.6) is 11.5 Å². The van der Waals surface area contributed by atoms with Gasteiger partial charge < -0.3 is 9.47 Å². The van der Waals surface area contributed by atoms with E-state index in [4.69, 9.17) is 9.47 Å². The highest BCUT2D eigenvalue weighted by Gasteiger charge is 2.23. The van der Waals surface area contributed by atoms with Crippen molar-refractivity contribution in [1.82, 2.24) is 9.71 Å². The van der Waals surface area contributed by atoms with Crippen LogP contribution in [-0.2, 0) is 16.4 Å². The fourth-order valence-electron chi connectivity index (χ4n) is 5.33. The average Bonchev–Trinajstić information content (AvgIpc) is 3.49. The SMILES string of the molecule is COc1ccc([C@H](Cc2ccncc2)c2ccc(C(=O)NS(=O)(=O)c3ccccc3C)cc2)cc1OC1CCCC1. The Morgan fingerprint density at radius 3 is 2.29 bits per heavy atom. The third-order valence-corrected chi connectivity index (χ3v) is 9.05. The number of aryl methyl sites for hydroxylation is 1. The van der Waals surface area contributed by atoms with Gasteiger partial charge in [0.2, 0.25) is 0 Å². The first kappa shape index (κ1) is 28.4. The van der Waals surface area contributed by atoms with Crippen LogP contribution in [0, 0.1) is 6.92 Å². The number of nitrogens with zero attached hydrogens (tertiary/aromatic N) is 1. The largest absolute Gasteiger partial charge is 0.493 e. The van der Waals surface area contributed by atoms with Gasteiger partial charge >= 0.3 is 0 Å². The monoisotopic (exact) mass is 570 g/mol. The van der Waals surface area contributed by atoms with Gasteiger partial charge in [0.15, 0.2) is 11.5 Å². The molecule has 0 radical (unpaired) electrons. The Morgan fingerprint density at radius 2 is 1.61 bits per heavy atom. The first-order chi connectivity index (χ1) is 19.8. The van der Waals surface area contributed by atoms with Crippen LogP contribution < -0.4 is 14.2 Å². The standard InChI is InChI=1S/C33H34N2O5S/c1-23-7-3-6-10-32(23)41(37,38)35-33(36)26-13-11-25(12-14-26)29(21-24-17-19-34-20-18-24)27-15-16-30(39-2)31(22-27)40-28-8-4-5-9-28/h3,6-7,10-20,22,28-29H,4-5,8-9,21H2,1-2H3,(H,35,36)/t29-/m1/s1. The molecule has 3 aromatic carbocycles. The van der Waals surface area contributed by atoms with Crippen molar-refractivity contribution in [2.45, 2.75) is 55.9 Å². The minimum atomic E-state index is -4.00. The normalized spacial score (nSPS) is 14.4. The van der Waals surface area contributed by atoms with Crippen LogP contribution in [0.1, 0.15) is 64.2 Å². The molecule has 8 heteroatoms. The number of carbonyl (C=O) groups excluding carboxylic acids is 1. The highest BCUT2D eigenvalue weighted by atomic mass is 32.2. The minimum Gasteiger partial charge on any atom is -0.493 e. The molecule has 1 atom stereocenters. The van der Waals surface area contributed by atoms with Gasteiger partial charge in [-0.15, -0.1) is 0 Å². The lowest BCUT2D eigenvalue weighted by molar-refractivity contribution is 0.0981. The van der Waals surface area contributed by atoms with Gasteiger partial charge in [-0.1, -0.05) is 36.4 Å². The molecule has 0 saturated heterocycles. The predicted octanol–water partition coefficient (Wildman–Crippen LogP) is 6.21. The highest BCUT2D eigenvalue weighted by molar-refractivity contribution is 7.90. The number of amides is 1. The number of methoxy groups -OCH3 is 1. The molecule has 0 bridgehead atoms. The second-order valence-corrected chi connectivity index (χ2v) is 12.0. The van der Waals surface area contributed by atoms with Crippen molar-refractivity contribution in [2.24, 2.45) is 0 Å². The Hall–Kier alpha value is -4.17. The van der Waals surface area contributed by atoms with Gasteiger partial charge in [-0.25, -0.2) is 13.1 Å². The second-order valence-electron chi connectivity index (χ2n) is 10.4. The van der Waals surface area contributed by atoms with Crippen LogP contribution in [0.3, 0.4) is 0 Å². The van der Waals surface area contributed by atoms with Gasteiger partial charge in [-0.3, -0.25) is 9.78 Å². The molecule has 212 valence electrons. The molecule has 4 aromatic rings. The summed E-state index contributed by atoms with van der Waals surface area (Å²) in [4.78, 5) is 17.2. The second kappa shape index (κ2) is 12.6. The molecular formula is C33H34N2O5S. The topological polar surface area (TPSA) is 94.6 Å². The zero-order valence-corrected chi connectivity index (χ0v) is 24.1. The first-order valence-corrected chi connectivity index (χ1v) is 15.3. The van der Waals surface area contributed by atoms with E-state index in [1.165, 1.54) is 18.9 Å². The molecule has 0 aliphatic heterocycles. The van der Waals surface area contributed by atoms with E-state index in [1.807, 2.05) is 36.4 Å². The van der Waals surface area contributed by atoms with Crippen LogP contribution in [0.2, 0.25) is 0 Å². The van der Waals surface area contributed by atoms with E-state index in [0.29, 0.717) is 17.7 Å². The Morgan fingerprint density at radius 1 is 0.927 bits per heavy atom. The number of benzene rings is 3. The van der Waals surface area contributed by atoms with Crippen LogP contribution in [0.15, 0.2) is 96.2 Å². The van der Waals surface area contributed by atoms with E-state index in [-0.39, 0.29) is 22.5 Å². The number of hydrogen-bond donors (Lipinski definition) is 1. The number of carbonyl (C=O) groups is 1. The summed E-state index contributed by atoms with van der Waals surface area (Å²) in [5.74, 6) is 0.698. The molecule has 1 N–H and O–H groups in total. The molecular weight excluding hydrogens is 536 g/mol. The summed E-state index contributed by atoms with van der Waals surface area (Å²) < 4.78 is 39.9. The molecule has 7 nitrogen and oxygen atoms in total. The quantitative estimate of drug-likeness (QED) is 0.244. The van der Waals surface area contributed by atoms with Gasteiger partial charge in [0.1, 0.15) is 0 Å². The summed E-state index contributed by atoms with van der Waals surface area (Å²) >= 11 is 0.